The normalized spacial score (nSPS) is 14.7. The van der Waals surface area contributed by atoms with E-state index in [1.54, 1.807) is 6.26 Å². The molecular formula is C24H21ClN2O2. The molecule has 1 fully saturated rings. The van der Waals surface area contributed by atoms with Crippen molar-refractivity contribution in [2.75, 3.05) is 31.1 Å². The molecule has 1 amide bonds. The van der Waals surface area contributed by atoms with Gasteiger partial charge in [0.05, 0.1) is 12.7 Å². The van der Waals surface area contributed by atoms with Gasteiger partial charge in [0.2, 0.25) is 5.91 Å². The lowest BCUT2D eigenvalue weighted by Crippen LogP contribution is -2.49. The van der Waals surface area contributed by atoms with E-state index >= 15 is 0 Å². The molecule has 5 rings (SSSR count). The lowest BCUT2D eigenvalue weighted by molar-refractivity contribution is -0.130. The number of benzene rings is 3. The first-order valence-electron chi connectivity index (χ1n) is 9.85. The number of hydrogen-bond donors (Lipinski definition) is 0. The van der Waals surface area contributed by atoms with Crippen molar-refractivity contribution in [3.8, 4) is 0 Å². The molecule has 1 aromatic heterocycles. The molecular weight excluding hydrogens is 384 g/mol. The Morgan fingerprint density at radius 3 is 2.62 bits per heavy atom. The standard InChI is InChI=1S/C24H21ClN2O2/c25-19-5-3-6-20(15-19)26-10-12-27(13-11-26)23(28)14-18-16-29-22-9-8-17-4-1-2-7-21(17)24(18)22/h1-9,15-16H,10-14H2. The highest BCUT2D eigenvalue weighted by molar-refractivity contribution is 6.30. The lowest BCUT2D eigenvalue weighted by atomic mass is 10.0. The third-order valence-corrected chi connectivity index (χ3v) is 5.92. The van der Waals surface area contributed by atoms with Gasteiger partial charge in [0, 0.05) is 47.8 Å². The molecule has 4 nitrogen and oxygen atoms in total. The summed E-state index contributed by atoms with van der Waals surface area (Å²) in [6, 6.07) is 20.1. The molecule has 3 aromatic carbocycles. The summed E-state index contributed by atoms with van der Waals surface area (Å²) in [5.41, 5.74) is 2.90. The molecule has 146 valence electrons. The number of fused-ring (bicyclic) bond motifs is 3. The molecule has 1 saturated heterocycles. The van der Waals surface area contributed by atoms with Gasteiger partial charge in [-0.3, -0.25) is 4.79 Å². The molecule has 2 heterocycles. The van der Waals surface area contributed by atoms with Crippen molar-refractivity contribution in [2.24, 2.45) is 0 Å². The van der Waals surface area contributed by atoms with Crippen LogP contribution in [0.3, 0.4) is 0 Å². The van der Waals surface area contributed by atoms with Crippen LogP contribution in [-0.4, -0.2) is 37.0 Å². The van der Waals surface area contributed by atoms with Crippen LogP contribution in [0.25, 0.3) is 21.7 Å². The number of halogens is 1. The Hall–Kier alpha value is -2.98. The summed E-state index contributed by atoms with van der Waals surface area (Å²) in [5.74, 6) is 0.145. The third-order valence-electron chi connectivity index (χ3n) is 5.69. The van der Waals surface area contributed by atoms with Crippen molar-refractivity contribution >= 4 is 44.9 Å². The Balaban J connectivity index is 1.32. The maximum Gasteiger partial charge on any atom is 0.227 e. The maximum absolute atomic E-state index is 13.0. The molecule has 1 aliphatic heterocycles. The van der Waals surface area contributed by atoms with E-state index in [2.05, 4.69) is 29.2 Å². The van der Waals surface area contributed by atoms with Gasteiger partial charge in [-0.1, -0.05) is 48.0 Å². The minimum Gasteiger partial charge on any atom is -0.464 e. The fraction of sp³-hybridized carbons (Fsp3) is 0.208. The lowest BCUT2D eigenvalue weighted by Gasteiger charge is -2.36. The number of anilines is 1. The molecule has 4 aromatic rings. The first-order chi connectivity index (χ1) is 14.2. The molecule has 0 bridgehead atoms. The van der Waals surface area contributed by atoms with Gasteiger partial charge in [0.25, 0.3) is 0 Å². The Morgan fingerprint density at radius 2 is 1.79 bits per heavy atom. The molecule has 0 spiro atoms. The quantitative estimate of drug-likeness (QED) is 0.475. The largest absolute Gasteiger partial charge is 0.464 e. The monoisotopic (exact) mass is 404 g/mol. The summed E-state index contributed by atoms with van der Waals surface area (Å²) < 4.78 is 5.74. The fourth-order valence-corrected chi connectivity index (χ4v) is 4.35. The van der Waals surface area contributed by atoms with Gasteiger partial charge in [-0.15, -0.1) is 0 Å². The number of piperazine rings is 1. The van der Waals surface area contributed by atoms with E-state index in [1.165, 1.54) is 0 Å². The highest BCUT2D eigenvalue weighted by atomic mass is 35.5. The van der Waals surface area contributed by atoms with Gasteiger partial charge in [-0.25, -0.2) is 0 Å². The van der Waals surface area contributed by atoms with Gasteiger partial charge >= 0.3 is 0 Å². The second kappa shape index (κ2) is 7.45. The number of nitrogens with zero attached hydrogens (tertiary/aromatic N) is 2. The molecule has 0 unspecified atom stereocenters. The predicted molar refractivity (Wildman–Crippen MR) is 118 cm³/mol. The van der Waals surface area contributed by atoms with Crippen molar-refractivity contribution in [1.29, 1.82) is 0 Å². The minimum atomic E-state index is 0.145. The third kappa shape index (κ3) is 3.45. The number of amides is 1. The zero-order valence-electron chi connectivity index (χ0n) is 16.0. The zero-order valence-corrected chi connectivity index (χ0v) is 16.7. The van der Waals surface area contributed by atoms with Crippen molar-refractivity contribution in [3.05, 3.63) is 77.5 Å². The molecule has 0 atom stereocenters. The van der Waals surface area contributed by atoms with E-state index in [-0.39, 0.29) is 5.91 Å². The van der Waals surface area contributed by atoms with E-state index in [0.29, 0.717) is 19.5 Å². The number of carbonyl (C=O) groups excluding carboxylic acids is 1. The van der Waals surface area contributed by atoms with E-state index in [4.69, 9.17) is 16.0 Å². The second-order valence-corrected chi connectivity index (χ2v) is 7.88. The summed E-state index contributed by atoms with van der Waals surface area (Å²) in [4.78, 5) is 17.2. The van der Waals surface area contributed by atoms with Crippen molar-refractivity contribution in [2.45, 2.75) is 6.42 Å². The summed E-state index contributed by atoms with van der Waals surface area (Å²) in [7, 11) is 0. The van der Waals surface area contributed by atoms with E-state index < -0.39 is 0 Å². The molecule has 0 aliphatic carbocycles. The van der Waals surface area contributed by atoms with Crippen molar-refractivity contribution < 1.29 is 9.21 Å². The van der Waals surface area contributed by atoms with Crippen LogP contribution in [-0.2, 0) is 11.2 Å². The van der Waals surface area contributed by atoms with Gasteiger partial charge in [-0.2, -0.15) is 0 Å². The average molecular weight is 405 g/mol. The van der Waals surface area contributed by atoms with Crippen LogP contribution in [0, 0.1) is 0 Å². The first kappa shape index (κ1) is 18.1. The van der Waals surface area contributed by atoms with Gasteiger partial charge in [-0.05, 0) is 35.0 Å². The smallest absolute Gasteiger partial charge is 0.227 e. The minimum absolute atomic E-state index is 0.145. The molecule has 29 heavy (non-hydrogen) atoms. The zero-order chi connectivity index (χ0) is 19.8. The topological polar surface area (TPSA) is 36.7 Å². The molecule has 0 saturated carbocycles. The fourth-order valence-electron chi connectivity index (χ4n) is 4.17. The molecule has 5 heteroatoms. The van der Waals surface area contributed by atoms with Crippen LogP contribution in [0.15, 0.2) is 71.3 Å². The average Bonchev–Trinajstić information content (AvgIpc) is 3.17. The van der Waals surface area contributed by atoms with Crippen LogP contribution in [0.4, 0.5) is 5.69 Å². The molecule has 1 aliphatic rings. The number of furan rings is 1. The van der Waals surface area contributed by atoms with Crippen LogP contribution >= 0.6 is 11.6 Å². The van der Waals surface area contributed by atoms with Crippen molar-refractivity contribution in [3.63, 3.8) is 0 Å². The Kier molecular flexibility index (Phi) is 4.64. The van der Waals surface area contributed by atoms with Crippen LogP contribution in [0.2, 0.25) is 5.02 Å². The number of carbonyl (C=O) groups is 1. The summed E-state index contributed by atoms with van der Waals surface area (Å²) in [6.07, 6.45) is 2.09. The highest BCUT2D eigenvalue weighted by Crippen LogP contribution is 2.30. The van der Waals surface area contributed by atoms with E-state index in [9.17, 15) is 4.79 Å². The number of hydrogen-bond acceptors (Lipinski definition) is 3. The summed E-state index contributed by atoms with van der Waals surface area (Å²) in [6.45, 7) is 3.03. The molecule has 0 N–H and O–H groups in total. The Labute approximate surface area is 174 Å². The number of rotatable bonds is 3. The van der Waals surface area contributed by atoms with Gasteiger partial charge in [0.1, 0.15) is 5.58 Å². The van der Waals surface area contributed by atoms with Gasteiger partial charge < -0.3 is 14.2 Å². The van der Waals surface area contributed by atoms with Crippen LogP contribution in [0.5, 0.6) is 0 Å². The summed E-state index contributed by atoms with van der Waals surface area (Å²) >= 11 is 6.11. The highest BCUT2D eigenvalue weighted by Gasteiger charge is 2.23. The molecule has 0 radical (unpaired) electrons. The van der Waals surface area contributed by atoms with E-state index in [1.807, 2.05) is 41.3 Å². The first-order valence-corrected chi connectivity index (χ1v) is 10.2. The predicted octanol–water partition coefficient (Wildman–Crippen LogP) is 5.13. The summed E-state index contributed by atoms with van der Waals surface area (Å²) in [5, 5.41) is 4.08. The Bertz CT molecular complexity index is 1190. The SMILES string of the molecule is O=C(Cc1coc2ccc3ccccc3c12)N1CCN(c2cccc(Cl)c2)CC1. The Morgan fingerprint density at radius 1 is 0.966 bits per heavy atom. The van der Waals surface area contributed by atoms with Crippen molar-refractivity contribution in [1.82, 2.24) is 4.90 Å². The van der Waals surface area contributed by atoms with Gasteiger partial charge in [0.15, 0.2) is 0 Å². The second-order valence-electron chi connectivity index (χ2n) is 7.45. The van der Waals surface area contributed by atoms with Crippen LogP contribution < -0.4 is 4.90 Å². The maximum atomic E-state index is 13.0. The van der Waals surface area contributed by atoms with E-state index in [0.717, 1.165) is 51.1 Å². The van der Waals surface area contributed by atoms with Crippen LogP contribution in [0.1, 0.15) is 5.56 Å².